The minimum atomic E-state index is -1.05. The molecule has 1 atom stereocenters. The van der Waals surface area contributed by atoms with Gasteiger partial charge in [-0.05, 0) is 38.7 Å². The number of nitrogens with zero attached hydrogens (tertiary/aromatic N) is 2. The number of benzene rings is 1. The lowest BCUT2D eigenvalue weighted by atomic mass is 9.90. The highest BCUT2D eigenvalue weighted by Gasteiger charge is 2.43. The van der Waals surface area contributed by atoms with Crippen molar-refractivity contribution in [3.05, 3.63) is 35.4 Å². The summed E-state index contributed by atoms with van der Waals surface area (Å²) in [6.45, 7) is 3.49. The standard InChI is InChI=1S/C16H18N2O3/c1-11-10-16(2,21-17-11)15(19)20-18-14-9-5-7-12-6-3-4-8-13(12)14/h3-4,6,8H,5,7,9-10H2,1-2H3/b18-14+. The second kappa shape index (κ2) is 5.31. The molecule has 5 heteroatoms. The van der Waals surface area contributed by atoms with Crippen LogP contribution in [0.5, 0.6) is 0 Å². The van der Waals surface area contributed by atoms with Crippen molar-refractivity contribution in [2.45, 2.75) is 45.1 Å². The Morgan fingerprint density at radius 3 is 2.95 bits per heavy atom. The molecule has 0 N–H and O–H groups in total. The molecule has 1 aromatic rings. The van der Waals surface area contributed by atoms with E-state index in [4.69, 9.17) is 9.68 Å². The van der Waals surface area contributed by atoms with Crippen LogP contribution in [0.15, 0.2) is 34.6 Å². The number of carbonyl (C=O) groups excluding carboxylic acids is 1. The van der Waals surface area contributed by atoms with E-state index in [1.165, 1.54) is 5.56 Å². The van der Waals surface area contributed by atoms with Gasteiger partial charge in [-0.1, -0.05) is 34.6 Å². The minimum Gasteiger partial charge on any atom is -0.377 e. The van der Waals surface area contributed by atoms with Crippen LogP contribution in [0.2, 0.25) is 0 Å². The van der Waals surface area contributed by atoms with Crippen LogP contribution in [-0.2, 0) is 20.9 Å². The van der Waals surface area contributed by atoms with E-state index in [-0.39, 0.29) is 0 Å². The average Bonchev–Trinajstić information content (AvgIpc) is 2.85. The van der Waals surface area contributed by atoms with E-state index in [2.05, 4.69) is 16.4 Å². The number of carbonyl (C=O) groups is 1. The first kappa shape index (κ1) is 13.8. The summed E-state index contributed by atoms with van der Waals surface area (Å²) >= 11 is 0. The molecule has 0 saturated heterocycles. The number of fused-ring (bicyclic) bond motifs is 1. The predicted octanol–water partition coefficient (Wildman–Crippen LogP) is 2.83. The van der Waals surface area contributed by atoms with E-state index in [0.717, 1.165) is 36.2 Å². The average molecular weight is 286 g/mol. The van der Waals surface area contributed by atoms with Gasteiger partial charge >= 0.3 is 5.97 Å². The van der Waals surface area contributed by atoms with Crippen molar-refractivity contribution < 1.29 is 14.5 Å². The van der Waals surface area contributed by atoms with Crippen LogP contribution in [0.25, 0.3) is 0 Å². The van der Waals surface area contributed by atoms with Crippen molar-refractivity contribution in [3.8, 4) is 0 Å². The fourth-order valence-corrected chi connectivity index (χ4v) is 2.73. The summed E-state index contributed by atoms with van der Waals surface area (Å²) in [5.41, 5.74) is 2.87. The molecule has 2 aliphatic rings. The van der Waals surface area contributed by atoms with E-state index in [1.54, 1.807) is 6.92 Å². The van der Waals surface area contributed by atoms with Gasteiger partial charge in [0.25, 0.3) is 0 Å². The van der Waals surface area contributed by atoms with Crippen molar-refractivity contribution in [1.82, 2.24) is 0 Å². The number of hydrogen-bond acceptors (Lipinski definition) is 5. The number of hydrogen-bond donors (Lipinski definition) is 0. The van der Waals surface area contributed by atoms with Crippen LogP contribution >= 0.6 is 0 Å². The lowest BCUT2D eigenvalue weighted by molar-refractivity contribution is -0.167. The molecule has 0 fully saturated rings. The normalized spacial score (nSPS) is 26.0. The molecule has 110 valence electrons. The number of rotatable bonds is 2. The first-order valence-corrected chi connectivity index (χ1v) is 7.17. The zero-order chi connectivity index (χ0) is 14.9. The number of aryl methyl sites for hydroxylation is 1. The van der Waals surface area contributed by atoms with Crippen molar-refractivity contribution in [3.63, 3.8) is 0 Å². The second-order valence-corrected chi connectivity index (χ2v) is 5.75. The van der Waals surface area contributed by atoms with E-state index in [1.807, 2.05) is 25.1 Å². The van der Waals surface area contributed by atoms with Crippen molar-refractivity contribution in [2.75, 3.05) is 0 Å². The molecule has 0 radical (unpaired) electrons. The summed E-state index contributed by atoms with van der Waals surface area (Å²) in [4.78, 5) is 22.4. The topological polar surface area (TPSA) is 60.2 Å². The Morgan fingerprint density at radius 1 is 1.38 bits per heavy atom. The van der Waals surface area contributed by atoms with Crippen LogP contribution in [0.3, 0.4) is 0 Å². The Kier molecular flexibility index (Phi) is 3.49. The van der Waals surface area contributed by atoms with E-state index < -0.39 is 11.6 Å². The molecule has 0 bridgehead atoms. The zero-order valence-corrected chi connectivity index (χ0v) is 12.3. The van der Waals surface area contributed by atoms with E-state index in [0.29, 0.717) is 6.42 Å². The largest absolute Gasteiger partial charge is 0.381 e. The summed E-state index contributed by atoms with van der Waals surface area (Å²) in [6, 6.07) is 8.09. The molecule has 0 spiro atoms. The highest BCUT2D eigenvalue weighted by atomic mass is 16.7. The third-order valence-electron chi connectivity index (χ3n) is 3.85. The molecule has 0 amide bonds. The third kappa shape index (κ3) is 2.68. The predicted molar refractivity (Wildman–Crippen MR) is 79.2 cm³/mol. The van der Waals surface area contributed by atoms with Gasteiger partial charge in [0.2, 0.25) is 5.60 Å². The van der Waals surface area contributed by atoms with Gasteiger partial charge in [-0.25, -0.2) is 4.79 Å². The van der Waals surface area contributed by atoms with E-state index in [9.17, 15) is 4.79 Å². The lowest BCUT2D eigenvalue weighted by Gasteiger charge is -2.19. The Labute approximate surface area is 123 Å². The quantitative estimate of drug-likeness (QED) is 0.620. The van der Waals surface area contributed by atoms with Crippen molar-refractivity contribution in [2.24, 2.45) is 10.3 Å². The lowest BCUT2D eigenvalue weighted by Crippen LogP contribution is -2.36. The molecule has 1 unspecified atom stereocenters. The highest BCUT2D eigenvalue weighted by molar-refractivity contribution is 6.02. The van der Waals surface area contributed by atoms with Crippen LogP contribution in [0.4, 0.5) is 0 Å². The Hall–Kier alpha value is -2.17. The molecule has 1 aliphatic carbocycles. The maximum atomic E-state index is 12.1. The van der Waals surface area contributed by atoms with Gasteiger partial charge in [-0.3, -0.25) is 0 Å². The molecule has 3 rings (SSSR count). The molecule has 0 aromatic heterocycles. The van der Waals surface area contributed by atoms with Gasteiger partial charge in [0.05, 0.1) is 11.4 Å². The van der Waals surface area contributed by atoms with Gasteiger partial charge < -0.3 is 9.68 Å². The molecular weight excluding hydrogens is 268 g/mol. The van der Waals surface area contributed by atoms with Gasteiger partial charge in [0.15, 0.2) is 0 Å². The molecule has 1 aromatic carbocycles. The van der Waals surface area contributed by atoms with Gasteiger partial charge in [-0.2, -0.15) is 0 Å². The van der Waals surface area contributed by atoms with Crippen LogP contribution < -0.4 is 0 Å². The van der Waals surface area contributed by atoms with Crippen LogP contribution in [0, 0.1) is 0 Å². The smallest absolute Gasteiger partial charge is 0.377 e. The SMILES string of the molecule is CC1=NOC(C)(C(=O)O/N=C2\CCCc3ccccc32)C1. The summed E-state index contributed by atoms with van der Waals surface area (Å²) in [6.07, 6.45) is 3.31. The third-order valence-corrected chi connectivity index (χ3v) is 3.85. The number of oxime groups is 2. The maximum absolute atomic E-state index is 12.1. The van der Waals surface area contributed by atoms with Gasteiger partial charge in [-0.15, -0.1) is 0 Å². The van der Waals surface area contributed by atoms with E-state index >= 15 is 0 Å². The van der Waals surface area contributed by atoms with Crippen molar-refractivity contribution in [1.29, 1.82) is 0 Å². The zero-order valence-electron chi connectivity index (χ0n) is 12.3. The van der Waals surface area contributed by atoms with Gasteiger partial charge in [0.1, 0.15) is 0 Å². The molecule has 5 nitrogen and oxygen atoms in total. The molecule has 21 heavy (non-hydrogen) atoms. The first-order chi connectivity index (χ1) is 10.1. The minimum absolute atomic E-state index is 0.438. The fourth-order valence-electron chi connectivity index (χ4n) is 2.73. The van der Waals surface area contributed by atoms with Crippen LogP contribution in [-0.4, -0.2) is 23.0 Å². The highest BCUT2D eigenvalue weighted by Crippen LogP contribution is 2.26. The summed E-state index contributed by atoms with van der Waals surface area (Å²) in [5, 5.41) is 7.88. The molecular formula is C16H18N2O3. The molecule has 0 saturated carbocycles. The van der Waals surface area contributed by atoms with Gasteiger partial charge in [0, 0.05) is 12.0 Å². The van der Waals surface area contributed by atoms with Crippen LogP contribution in [0.1, 0.15) is 44.2 Å². The monoisotopic (exact) mass is 286 g/mol. The maximum Gasteiger partial charge on any atom is 0.381 e. The summed E-state index contributed by atoms with van der Waals surface area (Å²) in [5.74, 6) is -0.501. The Balaban J connectivity index is 1.74. The second-order valence-electron chi connectivity index (χ2n) is 5.75. The first-order valence-electron chi connectivity index (χ1n) is 7.17. The Bertz CT molecular complexity index is 636. The summed E-state index contributed by atoms with van der Waals surface area (Å²) in [7, 11) is 0. The molecule has 1 aliphatic heterocycles. The molecule has 1 heterocycles. The van der Waals surface area contributed by atoms with Crippen molar-refractivity contribution >= 4 is 17.4 Å². The Morgan fingerprint density at radius 2 is 2.19 bits per heavy atom. The fraction of sp³-hybridized carbons (Fsp3) is 0.438. The summed E-state index contributed by atoms with van der Waals surface area (Å²) < 4.78 is 0.